The molecule has 0 aliphatic rings. The molecule has 26 heavy (non-hydrogen) atoms. The van der Waals surface area contributed by atoms with Crippen molar-refractivity contribution in [3.8, 4) is 5.88 Å². The van der Waals surface area contributed by atoms with E-state index in [9.17, 15) is 13.0 Å². The van der Waals surface area contributed by atoms with Gasteiger partial charge < -0.3 is 9.72 Å². The van der Waals surface area contributed by atoms with E-state index in [1.165, 1.54) is 7.11 Å². The van der Waals surface area contributed by atoms with Gasteiger partial charge >= 0.3 is 0 Å². The highest BCUT2D eigenvalue weighted by molar-refractivity contribution is 7.86. The summed E-state index contributed by atoms with van der Waals surface area (Å²) in [6.45, 7) is 1.57. The van der Waals surface area contributed by atoms with Crippen molar-refractivity contribution in [3.63, 3.8) is 0 Å². The lowest BCUT2D eigenvalue weighted by molar-refractivity contribution is 0.147. The van der Waals surface area contributed by atoms with E-state index in [-0.39, 0.29) is 17.4 Å². The summed E-state index contributed by atoms with van der Waals surface area (Å²) in [6.07, 6.45) is -1.46. The van der Waals surface area contributed by atoms with Crippen molar-refractivity contribution in [2.75, 3.05) is 11.8 Å². The highest BCUT2D eigenvalue weighted by atomic mass is 35.5. The average molecular weight is 401 g/mol. The number of benzene rings is 1. The lowest BCUT2D eigenvalue weighted by Gasteiger charge is -2.12. The number of hydrogen-bond donors (Lipinski definition) is 2. The predicted octanol–water partition coefficient (Wildman–Crippen LogP) is 3.87. The van der Waals surface area contributed by atoms with Crippen LogP contribution in [-0.4, -0.2) is 32.7 Å². The molecule has 1 aromatic carbocycles. The molecule has 0 saturated heterocycles. The molecule has 0 radical (unpaired) electrons. The van der Waals surface area contributed by atoms with Crippen LogP contribution in [0.15, 0.2) is 29.3 Å². The van der Waals surface area contributed by atoms with Gasteiger partial charge in [-0.3, -0.25) is 4.72 Å². The number of hydrogen-bond acceptors (Lipinski definition) is 4. The van der Waals surface area contributed by atoms with E-state index < -0.39 is 23.8 Å². The first-order valence-corrected chi connectivity index (χ1v) is 9.06. The Balaban J connectivity index is 1.90. The number of anilines is 1. The van der Waals surface area contributed by atoms with E-state index >= 15 is 0 Å². The van der Waals surface area contributed by atoms with Crippen molar-refractivity contribution in [1.82, 2.24) is 15.0 Å². The van der Waals surface area contributed by atoms with Gasteiger partial charge in [-0.2, -0.15) is 4.98 Å². The van der Waals surface area contributed by atoms with Crippen LogP contribution >= 0.6 is 11.6 Å². The zero-order valence-corrected chi connectivity index (χ0v) is 15.4. The molecule has 3 aromatic rings. The summed E-state index contributed by atoms with van der Waals surface area (Å²) in [5, 5.41) is 1.29. The zero-order valence-electron chi connectivity index (χ0n) is 13.8. The number of methoxy groups -OCH3 is 1. The molecule has 0 spiro atoms. The summed E-state index contributed by atoms with van der Waals surface area (Å²) in [5.74, 6) is 0.0574. The van der Waals surface area contributed by atoms with E-state index in [4.69, 9.17) is 16.3 Å². The van der Waals surface area contributed by atoms with E-state index in [1.807, 2.05) is 0 Å². The van der Waals surface area contributed by atoms with Crippen molar-refractivity contribution in [2.45, 2.75) is 24.7 Å². The normalized spacial score (nSPS) is 12.5. The molecule has 2 N–H and O–H groups in total. The minimum absolute atomic E-state index is 0.0269. The van der Waals surface area contributed by atoms with Crippen molar-refractivity contribution < 1.29 is 17.7 Å². The van der Waals surface area contributed by atoms with Gasteiger partial charge in [0.25, 0.3) is 0 Å². The van der Waals surface area contributed by atoms with Gasteiger partial charge in [-0.05, 0) is 19.1 Å². The summed E-state index contributed by atoms with van der Waals surface area (Å²) in [7, 11) is -0.339. The molecule has 1 unspecified atom stereocenters. The number of H-pyrrole nitrogens is 1. The first-order chi connectivity index (χ1) is 12.4. The second kappa shape index (κ2) is 7.55. The Morgan fingerprint density at radius 2 is 2.15 bits per heavy atom. The average Bonchev–Trinajstić information content (AvgIpc) is 2.99. The fraction of sp³-hybridized carbons (Fsp3) is 0.250. The summed E-state index contributed by atoms with van der Waals surface area (Å²) in [6, 6.07) is 5.17. The van der Waals surface area contributed by atoms with Crippen LogP contribution in [-0.2, 0) is 17.4 Å². The molecule has 0 fully saturated rings. The third-order valence-electron chi connectivity index (χ3n) is 3.72. The quantitative estimate of drug-likeness (QED) is 0.658. The van der Waals surface area contributed by atoms with Crippen molar-refractivity contribution in [1.29, 1.82) is 0 Å². The van der Waals surface area contributed by atoms with E-state index in [0.717, 1.165) is 10.9 Å². The number of rotatable bonds is 6. The number of aromatic nitrogens is 3. The summed E-state index contributed by atoms with van der Waals surface area (Å²) in [5.41, 5.74) is 1.30. The lowest BCUT2D eigenvalue weighted by atomic mass is 10.2. The molecular weight excluding hydrogens is 386 g/mol. The first kappa shape index (κ1) is 18.5. The largest absolute Gasteiger partial charge is 0.481 e. The number of halogens is 3. The Hall–Kier alpha value is -2.26. The molecule has 138 valence electrons. The summed E-state index contributed by atoms with van der Waals surface area (Å²) >= 11 is 5.94. The minimum Gasteiger partial charge on any atom is -0.481 e. The van der Waals surface area contributed by atoms with Gasteiger partial charge in [0.1, 0.15) is 0 Å². The van der Waals surface area contributed by atoms with Crippen LogP contribution in [0.5, 0.6) is 5.88 Å². The molecule has 2 aromatic heterocycles. The van der Waals surface area contributed by atoms with Crippen LogP contribution < -0.4 is 9.46 Å². The van der Waals surface area contributed by atoms with Crippen LogP contribution in [0, 0.1) is 6.92 Å². The summed E-state index contributed by atoms with van der Waals surface area (Å²) < 4.78 is 45.8. The van der Waals surface area contributed by atoms with Crippen molar-refractivity contribution in [3.05, 3.63) is 40.7 Å². The molecular formula is C16H15ClF2N4O2S. The predicted molar refractivity (Wildman–Crippen MR) is 96.4 cm³/mol. The Bertz CT molecular complexity index is 980. The molecule has 10 heteroatoms. The Morgan fingerprint density at radius 1 is 1.38 bits per heavy atom. The van der Waals surface area contributed by atoms with Crippen LogP contribution in [0.2, 0.25) is 5.02 Å². The maximum Gasteiger partial charge on any atom is 0.242 e. The maximum absolute atomic E-state index is 12.7. The number of nitrogens with zero attached hydrogens (tertiary/aromatic N) is 2. The van der Waals surface area contributed by atoms with Gasteiger partial charge in [-0.25, -0.2) is 18.0 Å². The molecule has 0 saturated carbocycles. The lowest BCUT2D eigenvalue weighted by Crippen LogP contribution is -2.12. The third-order valence-corrected chi connectivity index (χ3v) is 5.06. The Labute approximate surface area is 155 Å². The minimum atomic E-state index is -2.54. The smallest absolute Gasteiger partial charge is 0.242 e. The van der Waals surface area contributed by atoms with Gasteiger partial charge in [0.2, 0.25) is 18.3 Å². The molecule has 0 amide bonds. The van der Waals surface area contributed by atoms with Gasteiger partial charge in [0.05, 0.1) is 17.7 Å². The highest BCUT2D eigenvalue weighted by Crippen LogP contribution is 2.26. The van der Waals surface area contributed by atoms with E-state index in [1.54, 1.807) is 31.3 Å². The monoisotopic (exact) mass is 400 g/mol. The zero-order chi connectivity index (χ0) is 18.8. The van der Waals surface area contributed by atoms with Gasteiger partial charge in [0, 0.05) is 34.1 Å². The molecule has 6 nitrogen and oxygen atoms in total. The highest BCUT2D eigenvalue weighted by Gasteiger charge is 2.18. The van der Waals surface area contributed by atoms with Crippen molar-refractivity contribution >= 4 is 39.4 Å². The van der Waals surface area contributed by atoms with Gasteiger partial charge in [-0.1, -0.05) is 17.7 Å². The number of fused-ring (bicyclic) bond motifs is 1. The Morgan fingerprint density at radius 3 is 2.85 bits per heavy atom. The first-order valence-electron chi connectivity index (χ1n) is 7.53. The number of aryl methyl sites for hydroxylation is 1. The molecule has 0 aliphatic heterocycles. The number of alkyl halides is 2. The van der Waals surface area contributed by atoms with Gasteiger partial charge in [0.15, 0.2) is 11.0 Å². The third kappa shape index (κ3) is 3.78. The SMILES string of the molecule is COc1nc(NS(=O)c2c[nH]c3cc(Cl)ccc23)nc(C)c1CC(F)F. The van der Waals surface area contributed by atoms with Crippen LogP contribution in [0.1, 0.15) is 11.3 Å². The van der Waals surface area contributed by atoms with E-state index in [2.05, 4.69) is 19.7 Å². The summed E-state index contributed by atoms with van der Waals surface area (Å²) in [4.78, 5) is 11.7. The fourth-order valence-electron chi connectivity index (χ4n) is 2.54. The number of ether oxygens (including phenoxy) is 1. The molecule has 3 rings (SSSR count). The Kier molecular flexibility index (Phi) is 5.38. The van der Waals surface area contributed by atoms with Crippen LogP contribution in [0.25, 0.3) is 10.9 Å². The standard InChI is InChI=1S/C16H15ClF2N4O2S/c1-8-11(6-14(18)19)15(25-2)22-16(21-8)23-26(24)13-7-20-12-5-9(17)3-4-10(12)13/h3-5,7,14,20H,6H2,1-2H3,(H,21,22,23). The molecule has 2 heterocycles. The fourth-order valence-corrected chi connectivity index (χ4v) is 3.62. The topological polar surface area (TPSA) is 79.9 Å². The second-order valence-electron chi connectivity index (χ2n) is 5.43. The molecule has 0 bridgehead atoms. The van der Waals surface area contributed by atoms with Gasteiger partial charge in [-0.15, -0.1) is 0 Å². The van der Waals surface area contributed by atoms with Crippen LogP contribution in [0.3, 0.4) is 0 Å². The second-order valence-corrected chi connectivity index (χ2v) is 7.05. The number of aromatic amines is 1. The van der Waals surface area contributed by atoms with Crippen molar-refractivity contribution in [2.24, 2.45) is 0 Å². The molecule has 0 aliphatic carbocycles. The van der Waals surface area contributed by atoms with Crippen LogP contribution in [0.4, 0.5) is 14.7 Å². The number of nitrogens with one attached hydrogen (secondary N) is 2. The molecule has 1 atom stereocenters. The van der Waals surface area contributed by atoms with E-state index in [0.29, 0.717) is 15.6 Å². The maximum atomic E-state index is 12.7.